The molecule has 0 radical (unpaired) electrons. The molecule has 0 aliphatic rings. The van der Waals surface area contributed by atoms with Crippen LogP contribution in [0.15, 0.2) is 42.5 Å². The molecular formula is C19H26ClNO3. The van der Waals surface area contributed by atoms with E-state index in [9.17, 15) is 0 Å². The summed E-state index contributed by atoms with van der Waals surface area (Å²) in [6, 6.07) is 13.7. The summed E-state index contributed by atoms with van der Waals surface area (Å²) in [6.07, 6.45) is 1.89. The highest BCUT2D eigenvalue weighted by atomic mass is 35.5. The molecule has 132 valence electrons. The SMILES string of the molecule is CCC[C@H](N)c1cc(OC)c(OC)cc1OCc1ccccc1.Cl. The van der Waals surface area contributed by atoms with Crippen LogP contribution in [0.5, 0.6) is 17.2 Å². The minimum Gasteiger partial charge on any atom is -0.493 e. The van der Waals surface area contributed by atoms with E-state index in [0.717, 1.165) is 29.7 Å². The lowest BCUT2D eigenvalue weighted by atomic mass is 10.0. The predicted molar refractivity (Wildman–Crippen MR) is 99.4 cm³/mol. The zero-order valence-electron chi connectivity index (χ0n) is 14.5. The molecule has 0 bridgehead atoms. The number of halogens is 1. The lowest BCUT2D eigenvalue weighted by molar-refractivity contribution is 0.294. The summed E-state index contributed by atoms with van der Waals surface area (Å²) in [5.41, 5.74) is 8.37. The van der Waals surface area contributed by atoms with Crippen LogP contribution in [0, 0.1) is 0 Å². The van der Waals surface area contributed by atoms with Crippen molar-refractivity contribution in [2.24, 2.45) is 5.73 Å². The predicted octanol–water partition coefficient (Wildman–Crippen LogP) is 4.50. The zero-order valence-corrected chi connectivity index (χ0v) is 15.3. The molecular weight excluding hydrogens is 326 g/mol. The summed E-state index contributed by atoms with van der Waals surface area (Å²) in [5, 5.41) is 0. The fourth-order valence-corrected chi connectivity index (χ4v) is 2.49. The maximum Gasteiger partial charge on any atom is 0.164 e. The van der Waals surface area contributed by atoms with Crippen LogP contribution in [0.2, 0.25) is 0 Å². The van der Waals surface area contributed by atoms with E-state index >= 15 is 0 Å². The Labute approximate surface area is 150 Å². The fourth-order valence-electron chi connectivity index (χ4n) is 2.49. The largest absolute Gasteiger partial charge is 0.493 e. The van der Waals surface area contributed by atoms with E-state index in [4.69, 9.17) is 19.9 Å². The van der Waals surface area contributed by atoms with Crippen LogP contribution in [-0.2, 0) is 6.61 Å². The number of rotatable bonds is 8. The topological polar surface area (TPSA) is 53.7 Å². The van der Waals surface area contributed by atoms with Crippen molar-refractivity contribution in [1.29, 1.82) is 0 Å². The molecule has 0 unspecified atom stereocenters. The quantitative estimate of drug-likeness (QED) is 0.760. The molecule has 5 heteroatoms. The number of ether oxygens (including phenoxy) is 3. The van der Waals surface area contributed by atoms with Gasteiger partial charge in [0.2, 0.25) is 0 Å². The first-order chi connectivity index (χ1) is 11.2. The van der Waals surface area contributed by atoms with Crippen molar-refractivity contribution in [2.75, 3.05) is 14.2 Å². The molecule has 0 amide bonds. The third-order valence-corrected chi connectivity index (χ3v) is 3.75. The van der Waals surface area contributed by atoms with E-state index in [-0.39, 0.29) is 18.4 Å². The molecule has 24 heavy (non-hydrogen) atoms. The minimum absolute atomic E-state index is 0. The van der Waals surface area contributed by atoms with E-state index in [1.54, 1.807) is 14.2 Å². The second kappa shape index (κ2) is 10.1. The van der Waals surface area contributed by atoms with E-state index < -0.39 is 0 Å². The van der Waals surface area contributed by atoms with Crippen LogP contribution >= 0.6 is 12.4 Å². The number of benzene rings is 2. The maximum absolute atomic E-state index is 6.31. The van der Waals surface area contributed by atoms with Gasteiger partial charge in [-0.2, -0.15) is 0 Å². The third kappa shape index (κ3) is 5.05. The number of nitrogens with two attached hydrogens (primary N) is 1. The highest BCUT2D eigenvalue weighted by Crippen LogP contribution is 2.38. The van der Waals surface area contributed by atoms with Gasteiger partial charge in [-0.15, -0.1) is 12.4 Å². The van der Waals surface area contributed by atoms with Gasteiger partial charge in [0.15, 0.2) is 11.5 Å². The normalized spacial score (nSPS) is 11.3. The maximum atomic E-state index is 6.31. The Hall–Kier alpha value is -1.91. The van der Waals surface area contributed by atoms with Crippen LogP contribution in [0.1, 0.15) is 36.9 Å². The molecule has 0 aromatic heterocycles. The van der Waals surface area contributed by atoms with Crippen molar-refractivity contribution >= 4 is 12.4 Å². The molecule has 0 saturated carbocycles. The van der Waals surface area contributed by atoms with Gasteiger partial charge in [0.05, 0.1) is 14.2 Å². The van der Waals surface area contributed by atoms with Gasteiger partial charge in [-0.1, -0.05) is 43.7 Å². The van der Waals surface area contributed by atoms with Crippen molar-refractivity contribution in [3.8, 4) is 17.2 Å². The van der Waals surface area contributed by atoms with Crippen LogP contribution in [0.4, 0.5) is 0 Å². The highest BCUT2D eigenvalue weighted by Gasteiger charge is 2.17. The summed E-state index contributed by atoms with van der Waals surface area (Å²) in [5.74, 6) is 2.05. The minimum atomic E-state index is -0.0921. The van der Waals surface area contributed by atoms with E-state index in [1.807, 2.05) is 42.5 Å². The molecule has 2 aromatic rings. The molecule has 1 atom stereocenters. The Morgan fingerprint density at radius 1 is 0.958 bits per heavy atom. The zero-order chi connectivity index (χ0) is 16.7. The Balaban J connectivity index is 0.00000288. The molecule has 0 spiro atoms. The van der Waals surface area contributed by atoms with Gasteiger partial charge in [0, 0.05) is 17.7 Å². The second-order valence-corrected chi connectivity index (χ2v) is 5.41. The van der Waals surface area contributed by atoms with Crippen LogP contribution < -0.4 is 19.9 Å². The number of methoxy groups -OCH3 is 2. The van der Waals surface area contributed by atoms with Crippen molar-refractivity contribution in [3.05, 3.63) is 53.6 Å². The van der Waals surface area contributed by atoms with Gasteiger partial charge in [-0.25, -0.2) is 0 Å². The standard InChI is InChI=1S/C19H25NO3.ClH/c1-4-8-16(20)15-11-18(21-2)19(22-3)12-17(15)23-13-14-9-6-5-7-10-14;/h5-7,9-12,16H,4,8,13,20H2,1-3H3;1H/t16-;/m0./s1. The summed E-state index contributed by atoms with van der Waals surface area (Å²) in [6.45, 7) is 2.60. The summed E-state index contributed by atoms with van der Waals surface area (Å²) in [4.78, 5) is 0. The van der Waals surface area contributed by atoms with E-state index in [2.05, 4.69) is 6.92 Å². The molecule has 2 aromatic carbocycles. The lowest BCUT2D eigenvalue weighted by Crippen LogP contribution is -2.12. The summed E-state index contributed by atoms with van der Waals surface area (Å²) >= 11 is 0. The molecule has 2 rings (SSSR count). The molecule has 0 saturated heterocycles. The Bertz CT molecular complexity index is 620. The highest BCUT2D eigenvalue weighted by molar-refractivity contribution is 5.85. The molecule has 0 aliphatic carbocycles. The molecule has 0 heterocycles. The van der Waals surface area contributed by atoms with Gasteiger partial charge >= 0.3 is 0 Å². The van der Waals surface area contributed by atoms with Crippen molar-refractivity contribution in [3.63, 3.8) is 0 Å². The van der Waals surface area contributed by atoms with Gasteiger partial charge in [0.1, 0.15) is 12.4 Å². The third-order valence-electron chi connectivity index (χ3n) is 3.75. The average Bonchev–Trinajstić information content (AvgIpc) is 2.60. The van der Waals surface area contributed by atoms with E-state index in [0.29, 0.717) is 18.1 Å². The van der Waals surface area contributed by atoms with Gasteiger partial charge in [0.25, 0.3) is 0 Å². The summed E-state index contributed by atoms with van der Waals surface area (Å²) < 4.78 is 16.8. The van der Waals surface area contributed by atoms with Crippen LogP contribution in [0.3, 0.4) is 0 Å². The summed E-state index contributed by atoms with van der Waals surface area (Å²) in [7, 11) is 3.24. The molecule has 0 aliphatic heterocycles. The van der Waals surface area contributed by atoms with Crippen molar-refractivity contribution in [1.82, 2.24) is 0 Å². The first kappa shape index (κ1) is 20.1. The monoisotopic (exact) mass is 351 g/mol. The van der Waals surface area contributed by atoms with Crippen LogP contribution in [-0.4, -0.2) is 14.2 Å². The van der Waals surface area contributed by atoms with Crippen molar-refractivity contribution in [2.45, 2.75) is 32.4 Å². The van der Waals surface area contributed by atoms with Crippen LogP contribution in [0.25, 0.3) is 0 Å². The Kier molecular flexibility index (Phi) is 8.44. The molecule has 0 fully saturated rings. The molecule has 2 N–H and O–H groups in total. The average molecular weight is 352 g/mol. The lowest BCUT2D eigenvalue weighted by Gasteiger charge is -2.19. The second-order valence-electron chi connectivity index (χ2n) is 5.41. The fraction of sp³-hybridized carbons (Fsp3) is 0.368. The first-order valence-electron chi connectivity index (χ1n) is 7.87. The Morgan fingerprint density at radius 2 is 1.58 bits per heavy atom. The number of hydrogen-bond donors (Lipinski definition) is 1. The van der Waals surface area contributed by atoms with Gasteiger partial charge in [-0.05, 0) is 18.1 Å². The molecule has 4 nitrogen and oxygen atoms in total. The first-order valence-corrected chi connectivity index (χ1v) is 7.87. The van der Waals surface area contributed by atoms with Gasteiger partial charge in [-0.3, -0.25) is 0 Å². The smallest absolute Gasteiger partial charge is 0.164 e. The Morgan fingerprint density at radius 3 is 2.17 bits per heavy atom. The van der Waals surface area contributed by atoms with Gasteiger partial charge < -0.3 is 19.9 Å². The van der Waals surface area contributed by atoms with Crippen molar-refractivity contribution < 1.29 is 14.2 Å². The van der Waals surface area contributed by atoms with E-state index in [1.165, 1.54) is 0 Å². The number of hydrogen-bond acceptors (Lipinski definition) is 4.